The normalized spacial score (nSPS) is 21.3. The molecule has 0 aromatic heterocycles. The van der Waals surface area contributed by atoms with Crippen LogP contribution in [-0.2, 0) is 11.3 Å². The smallest absolute Gasteiger partial charge is 0.232 e. The molecule has 1 saturated heterocycles. The van der Waals surface area contributed by atoms with Gasteiger partial charge in [-0.05, 0) is 24.0 Å². The van der Waals surface area contributed by atoms with Gasteiger partial charge in [-0.3, -0.25) is 4.79 Å². The molecule has 1 heterocycles. The van der Waals surface area contributed by atoms with Gasteiger partial charge >= 0.3 is 0 Å². The summed E-state index contributed by atoms with van der Waals surface area (Å²) in [5.41, 5.74) is 3.44. The number of carbonyl (C=O) groups excluding carboxylic acids is 1. The second-order valence-corrected chi connectivity index (χ2v) is 8.77. The van der Waals surface area contributed by atoms with E-state index < -0.39 is 0 Å². The Kier molecular flexibility index (Phi) is 6.29. The van der Waals surface area contributed by atoms with Crippen molar-refractivity contribution in [2.75, 3.05) is 20.1 Å². The van der Waals surface area contributed by atoms with Gasteiger partial charge in [0.2, 0.25) is 5.91 Å². The molecule has 3 aromatic carbocycles. The summed E-state index contributed by atoms with van der Waals surface area (Å²) < 4.78 is 0.969. The molecule has 0 aliphatic carbocycles. The molecule has 3 nitrogen and oxygen atoms in total. The molecule has 0 spiro atoms. The first-order valence-electron chi connectivity index (χ1n) is 10.9. The quantitative estimate of drug-likeness (QED) is 0.596. The van der Waals surface area contributed by atoms with Crippen LogP contribution in [0.25, 0.3) is 0 Å². The van der Waals surface area contributed by atoms with E-state index >= 15 is 0 Å². The summed E-state index contributed by atoms with van der Waals surface area (Å²) in [5, 5.41) is 3.40. The summed E-state index contributed by atoms with van der Waals surface area (Å²) in [4.78, 5) is 13.5. The summed E-state index contributed by atoms with van der Waals surface area (Å²) in [7, 11) is 2.32. The highest BCUT2D eigenvalue weighted by Gasteiger charge is 2.34. The number of likely N-dealkylation sites (N-methyl/N-ethyl adjacent to an activating group) is 1. The number of rotatable bonds is 6. The van der Waals surface area contributed by atoms with Crippen LogP contribution in [0.15, 0.2) is 91.0 Å². The predicted molar refractivity (Wildman–Crippen MR) is 122 cm³/mol. The second kappa shape index (κ2) is 9.27. The fourth-order valence-electron chi connectivity index (χ4n) is 4.79. The molecule has 0 saturated carbocycles. The van der Waals surface area contributed by atoms with Crippen LogP contribution in [0, 0.1) is 0 Å². The molecule has 154 valence electrons. The molecule has 3 aromatic rings. The summed E-state index contributed by atoms with van der Waals surface area (Å²) >= 11 is 0. The van der Waals surface area contributed by atoms with Crippen molar-refractivity contribution >= 4 is 5.91 Å². The number of hydrogen-bond acceptors (Lipinski definition) is 1. The lowest BCUT2D eigenvalue weighted by atomic mass is 9.90. The highest BCUT2D eigenvalue weighted by Crippen LogP contribution is 2.26. The number of benzene rings is 3. The number of likely N-dealkylation sites (tertiary alicyclic amines) is 1. The van der Waals surface area contributed by atoms with Gasteiger partial charge < -0.3 is 9.80 Å². The molecule has 1 aliphatic heterocycles. The third kappa shape index (κ3) is 4.98. The van der Waals surface area contributed by atoms with Crippen LogP contribution < -0.4 is 5.32 Å². The van der Waals surface area contributed by atoms with Gasteiger partial charge in [0, 0.05) is 5.56 Å². The lowest BCUT2D eigenvalue weighted by Gasteiger charge is -2.42. The SMILES string of the molecule is C[N@@+]1(Cc2ccccc2)CCCC(NC(=O)C(c2ccccc2)c2ccccc2)C1. The van der Waals surface area contributed by atoms with Crippen LogP contribution in [0.1, 0.15) is 35.4 Å². The van der Waals surface area contributed by atoms with Crippen molar-refractivity contribution in [3.8, 4) is 0 Å². The Hall–Kier alpha value is -2.91. The van der Waals surface area contributed by atoms with Gasteiger partial charge in [-0.2, -0.15) is 0 Å². The Bertz CT molecular complexity index is 903. The van der Waals surface area contributed by atoms with Crippen molar-refractivity contribution < 1.29 is 9.28 Å². The molecule has 1 N–H and O–H groups in total. The average molecular weight is 400 g/mol. The topological polar surface area (TPSA) is 29.1 Å². The Morgan fingerprint density at radius 1 is 0.900 bits per heavy atom. The van der Waals surface area contributed by atoms with E-state index in [2.05, 4.69) is 42.7 Å². The predicted octanol–water partition coefficient (Wildman–Crippen LogP) is 4.74. The summed E-state index contributed by atoms with van der Waals surface area (Å²) in [6.45, 7) is 3.13. The molecule has 0 bridgehead atoms. The molecule has 2 atom stereocenters. The van der Waals surface area contributed by atoms with Gasteiger partial charge in [-0.1, -0.05) is 91.0 Å². The molecule has 1 aliphatic rings. The lowest BCUT2D eigenvalue weighted by molar-refractivity contribution is -0.927. The van der Waals surface area contributed by atoms with Crippen molar-refractivity contribution in [1.82, 2.24) is 5.32 Å². The van der Waals surface area contributed by atoms with Crippen molar-refractivity contribution in [3.05, 3.63) is 108 Å². The highest BCUT2D eigenvalue weighted by atomic mass is 16.2. The van der Waals surface area contributed by atoms with Crippen LogP contribution in [0.2, 0.25) is 0 Å². The van der Waals surface area contributed by atoms with Gasteiger partial charge in [-0.25, -0.2) is 0 Å². The van der Waals surface area contributed by atoms with Gasteiger partial charge in [-0.15, -0.1) is 0 Å². The van der Waals surface area contributed by atoms with Gasteiger partial charge in [0.1, 0.15) is 6.54 Å². The minimum absolute atomic E-state index is 0.102. The summed E-state index contributed by atoms with van der Waals surface area (Å²) in [6.07, 6.45) is 2.18. The molecular formula is C27H31N2O+. The van der Waals surface area contributed by atoms with Crippen molar-refractivity contribution in [3.63, 3.8) is 0 Å². The van der Waals surface area contributed by atoms with Crippen LogP contribution in [-0.4, -0.2) is 36.6 Å². The van der Waals surface area contributed by atoms with Gasteiger partial charge in [0.15, 0.2) is 0 Å². The number of nitrogens with zero attached hydrogens (tertiary/aromatic N) is 1. The first-order valence-corrected chi connectivity index (χ1v) is 10.9. The largest absolute Gasteiger partial charge is 0.347 e. The fraction of sp³-hybridized carbons (Fsp3) is 0.296. The zero-order chi connectivity index (χ0) is 20.8. The number of quaternary nitrogens is 1. The van der Waals surface area contributed by atoms with Crippen molar-refractivity contribution in [2.24, 2.45) is 0 Å². The molecular weight excluding hydrogens is 368 g/mol. The second-order valence-electron chi connectivity index (χ2n) is 8.77. The van der Waals surface area contributed by atoms with Crippen molar-refractivity contribution in [2.45, 2.75) is 31.3 Å². The lowest BCUT2D eigenvalue weighted by Crippen LogP contribution is -2.57. The Morgan fingerprint density at radius 2 is 1.43 bits per heavy atom. The minimum Gasteiger partial charge on any atom is -0.347 e. The number of nitrogens with one attached hydrogen (secondary N) is 1. The van der Waals surface area contributed by atoms with Crippen molar-refractivity contribution in [1.29, 1.82) is 0 Å². The first-order chi connectivity index (χ1) is 14.6. The van der Waals surface area contributed by atoms with Gasteiger partial charge in [0.05, 0.1) is 32.1 Å². The van der Waals surface area contributed by atoms with E-state index in [-0.39, 0.29) is 17.9 Å². The van der Waals surface area contributed by atoms with E-state index in [9.17, 15) is 4.79 Å². The van der Waals surface area contributed by atoms with E-state index in [0.29, 0.717) is 0 Å². The number of piperidine rings is 1. The zero-order valence-electron chi connectivity index (χ0n) is 17.7. The minimum atomic E-state index is -0.276. The fourth-order valence-corrected chi connectivity index (χ4v) is 4.79. The molecule has 1 amide bonds. The summed E-state index contributed by atoms with van der Waals surface area (Å²) in [6, 6.07) is 31.1. The number of hydrogen-bond donors (Lipinski definition) is 1. The highest BCUT2D eigenvalue weighted by molar-refractivity contribution is 5.87. The maximum atomic E-state index is 13.5. The van der Waals surface area contributed by atoms with Crippen LogP contribution in [0.5, 0.6) is 0 Å². The average Bonchev–Trinajstić information content (AvgIpc) is 2.76. The summed E-state index contributed by atoms with van der Waals surface area (Å²) in [5.74, 6) is -0.173. The molecule has 4 rings (SSSR count). The van der Waals surface area contributed by atoms with Crippen LogP contribution in [0.3, 0.4) is 0 Å². The molecule has 1 fully saturated rings. The monoisotopic (exact) mass is 399 g/mol. The molecule has 0 radical (unpaired) electrons. The Balaban J connectivity index is 1.49. The van der Waals surface area contributed by atoms with E-state index in [1.54, 1.807) is 0 Å². The Labute approximate surface area is 180 Å². The Morgan fingerprint density at radius 3 is 2.00 bits per heavy atom. The van der Waals surface area contributed by atoms with Crippen LogP contribution in [0.4, 0.5) is 0 Å². The van der Waals surface area contributed by atoms with E-state index in [1.165, 1.54) is 5.56 Å². The molecule has 3 heteroatoms. The van der Waals surface area contributed by atoms with Gasteiger partial charge in [0.25, 0.3) is 0 Å². The molecule has 30 heavy (non-hydrogen) atoms. The zero-order valence-corrected chi connectivity index (χ0v) is 17.7. The standard InChI is InChI=1S/C27H30N2O/c1-29(20-22-12-5-2-6-13-22)19-11-18-25(21-29)28-27(30)26(23-14-7-3-8-15-23)24-16-9-4-10-17-24/h2-10,12-17,25-26H,11,18-21H2,1H3/p+1/t25?,29-/m0/s1. The number of amides is 1. The van der Waals surface area contributed by atoms with Crippen LogP contribution >= 0.6 is 0 Å². The third-order valence-corrected chi connectivity index (χ3v) is 6.19. The maximum Gasteiger partial charge on any atom is 0.232 e. The maximum absolute atomic E-state index is 13.5. The molecule has 1 unspecified atom stereocenters. The first kappa shape index (κ1) is 20.4. The number of carbonyl (C=O) groups is 1. The third-order valence-electron chi connectivity index (χ3n) is 6.19. The van der Waals surface area contributed by atoms with E-state index in [0.717, 1.165) is 48.1 Å². The van der Waals surface area contributed by atoms with E-state index in [1.807, 2.05) is 60.7 Å². The van der Waals surface area contributed by atoms with E-state index in [4.69, 9.17) is 0 Å².